The maximum Gasteiger partial charge on any atom is 0.0571 e. The summed E-state index contributed by atoms with van der Waals surface area (Å²) in [5.74, 6) is 0. The summed E-state index contributed by atoms with van der Waals surface area (Å²) >= 11 is 0. The number of rotatable bonds is 2. The molecule has 0 unspecified atom stereocenters. The van der Waals surface area contributed by atoms with E-state index in [0.29, 0.717) is 0 Å². The number of aromatic nitrogens is 2. The van der Waals surface area contributed by atoms with Crippen molar-refractivity contribution in [3.8, 4) is 39.1 Å². The lowest BCUT2D eigenvalue weighted by atomic mass is 9.94. The van der Waals surface area contributed by atoms with Crippen molar-refractivity contribution in [1.29, 1.82) is 0 Å². The fourth-order valence-electron chi connectivity index (χ4n) is 5.94. The predicted octanol–water partition coefficient (Wildman–Crippen LogP) is 8.65. The average molecular weight is 445 g/mol. The van der Waals surface area contributed by atoms with E-state index >= 15 is 0 Å². The zero-order valence-corrected chi connectivity index (χ0v) is 18.9. The second kappa shape index (κ2) is 6.91. The fourth-order valence-corrected chi connectivity index (χ4v) is 5.94. The van der Waals surface area contributed by atoms with E-state index in [0.717, 1.165) is 5.69 Å². The molecule has 2 aromatic heterocycles. The number of pyridine rings is 1. The van der Waals surface area contributed by atoms with E-state index < -0.39 is 0 Å². The molecular weight excluding hydrogens is 424 g/mol. The number of hydrogen-bond donors (Lipinski definition) is 0. The SMILES string of the molecule is c1ccc2c(c1)-c1cccc3c(-c4ccc(-n5c6ccccc6c6cnccc65)cc4)ccc-2c13. The molecule has 162 valence electrons. The third kappa shape index (κ3) is 2.51. The van der Waals surface area contributed by atoms with Crippen LogP contribution in [-0.4, -0.2) is 9.55 Å². The van der Waals surface area contributed by atoms with Crippen LogP contribution >= 0.6 is 0 Å². The summed E-state index contributed by atoms with van der Waals surface area (Å²) in [6, 6.07) is 39.6. The van der Waals surface area contributed by atoms with Crippen LogP contribution < -0.4 is 0 Å². The summed E-state index contributed by atoms with van der Waals surface area (Å²) in [6.45, 7) is 0. The molecule has 5 aromatic carbocycles. The lowest BCUT2D eigenvalue weighted by molar-refractivity contribution is 1.17. The van der Waals surface area contributed by atoms with Crippen molar-refractivity contribution >= 4 is 32.6 Å². The largest absolute Gasteiger partial charge is 0.309 e. The van der Waals surface area contributed by atoms with Crippen molar-refractivity contribution in [3.05, 3.63) is 122 Å². The Morgan fingerprint density at radius 1 is 0.457 bits per heavy atom. The quantitative estimate of drug-likeness (QED) is 0.261. The molecule has 2 heterocycles. The topological polar surface area (TPSA) is 17.8 Å². The van der Waals surface area contributed by atoms with Crippen LogP contribution in [0.2, 0.25) is 0 Å². The Kier molecular flexibility index (Phi) is 3.69. The zero-order chi connectivity index (χ0) is 22.9. The second-order valence-corrected chi connectivity index (χ2v) is 9.23. The standard InChI is InChI=1S/C33H20N2/c1-2-7-25-24(6-1)28-10-5-9-27-23(16-17-29(25)33(27)28)21-12-14-22(15-13-21)35-31-11-4-3-8-26(31)30-20-34-19-18-32(30)35/h1-20H. The van der Waals surface area contributed by atoms with Gasteiger partial charge in [-0.05, 0) is 68.4 Å². The van der Waals surface area contributed by atoms with Gasteiger partial charge in [0.25, 0.3) is 0 Å². The summed E-state index contributed by atoms with van der Waals surface area (Å²) in [5.41, 5.74) is 11.4. The number of fused-ring (bicyclic) bond motifs is 6. The Morgan fingerprint density at radius 3 is 1.97 bits per heavy atom. The van der Waals surface area contributed by atoms with E-state index in [-0.39, 0.29) is 0 Å². The first kappa shape index (κ1) is 18.7. The monoisotopic (exact) mass is 444 g/mol. The molecule has 0 fully saturated rings. The molecule has 8 rings (SSSR count). The van der Waals surface area contributed by atoms with Crippen molar-refractivity contribution in [2.75, 3.05) is 0 Å². The Labute approximate surface area is 202 Å². The molecule has 0 N–H and O–H groups in total. The number of para-hydroxylation sites is 1. The molecule has 7 aromatic rings. The first-order valence-corrected chi connectivity index (χ1v) is 12.0. The van der Waals surface area contributed by atoms with Gasteiger partial charge in [0, 0.05) is 28.9 Å². The molecule has 2 nitrogen and oxygen atoms in total. The molecule has 1 aliphatic carbocycles. The molecule has 0 spiro atoms. The van der Waals surface area contributed by atoms with Crippen LogP contribution in [0, 0.1) is 0 Å². The van der Waals surface area contributed by atoms with Gasteiger partial charge in [-0.15, -0.1) is 0 Å². The molecule has 0 radical (unpaired) electrons. The van der Waals surface area contributed by atoms with Crippen molar-refractivity contribution in [2.45, 2.75) is 0 Å². The summed E-state index contributed by atoms with van der Waals surface area (Å²) < 4.78 is 2.33. The summed E-state index contributed by atoms with van der Waals surface area (Å²) in [4.78, 5) is 4.37. The first-order valence-electron chi connectivity index (χ1n) is 12.0. The highest BCUT2D eigenvalue weighted by molar-refractivity contribution is 6.18. The smallest absolute Gasteiger partial charge is 0.0571 e. The van der Waals surface area contributed by atoms with Crippen LogP contribution in [0.3, 0.4) is 0 Å². The molecule has 0 atom stereocenters. The third-order valence-electron chi connectivity index (χ3n) is 7.46. The van der Waals surface area contributed by atoms with Crippen LogP contribution in [-0.2, 0) is 0 Å². The van der Waals surface area contributed by atoms with E-state index in [1.165, 1.54) is 66.0 Å². The Morgan fingerprint density at radius 2 is 1.11 bits per heavy atom. The summed E-state index contributed by atoms with van der Waals surface area (Å²) in [7, 11) is 0. The van der Waals surface area contributed by atoms with E-state index in [4.69, 9.17) is 0 Å². The highest BCUT2D eigenvalue weighted by Crippen LogP contribution is 2.49. The van der Waals surface area contributed by atoms with Crippen LogP contribution in [0.1, 0.15) is 0 Å². The van der Waals surface area contributed by atoms with Crippen molar-refractivity contribution < 1.29 is 0 Å². The van der Waals surface area contributed by atoms with Crippen molar-refractivity contribution in [2.24, 2.45) is 0 Å². The molecule has 35 heavy (non-hydrogen) atoms. The van der Waals surface area contributed by atoms with E-state index in [1.807, 2.05) is 12.4 Å². The molecule has 2 heteroatoms. The normalized spacial score (nSPS) is 12.0. The maximum atomic E-state index is 4.37. The molecule has 0 saturated carbocycles. The maximum absolute atomic E-state index is 4.37. The number of benzene rings is 5. The Balaban J connectivity index is 1.31. The van der Waals surface area contributed by atoms with Crippen LogP contribution in [0.5, 0.6) is 0 Å². The van der Waals surface area contributed by atoms with Gasteiger partial charge in [0.05, 0.1) is 11.0 Å². The minimum Gasteiger partial charge on any atom is -0.309 e. The van der Waals surface area contributed by atoms with E-state index in [2.05, 4.69) is 119 Å². The predicted molar refractivity (Wildman–Crippen MR) is 146 cm³/mol. The van der Waals surface area contributed by atoms with Crippen LogP contribution in [0.25, 0.3) is 71.6 Å². The molecular formula is C33H20N2. The number of nitrogens with zero attached hydrogens (tertiary/aromatic N) is 2. The summed E-state index contributed by atoms with van der Waals surface area (Å²) in [6.07, 6.45) is 3.84. The third-order valence-corrected chi connectivity index (χ3v) is 7.46. The highest BCUT2D eigenvalue weighted by atomic mass is 15.0. The van der Waals surface area contributed by atoms with Gasteiger partial charge in [0.2, 0.25) is 0 Å². The molecule has 0 bridgehead atoms. The Bertz CT molecular complexity index is 1860. The van der Waals surface area contributed by atoms with Gasteiger partial charge in [-0.25, -0.2) is 0 Å². The van der Waals surface area contributed by atoms with Gasteiger partial charge >= 0.3 is 0 Å². The lowest BCUT2D eigenvalue weighted by Gasteiger charge is -2.12. The van der Waals surface area contributed by atoms with Gasteiger partial charge < -0.3 is 4.57 Å². The fraction of sp³-hybridized carbons (Fsp3) is 0. The minimum atomic E-state index is 1.16. The van der Waals surface area contributed by atoms with Crippen molar-refractivity contribution in [1.82, 2.24) is 9.55 Å². The van der Waals surface area contributed by atoms with Crippen molar-refractivity contribution in [3.63, 3.8) is 0 Å². The van der Waals surface area contributed by atoms with Gasteiger partial charge in [0.15, 0.2) is 0 Å². The van der Waals surface area contributed by atoms with E-state index in [1.54, 1.807) is 0 Å². The Hall–Kier alpha value is -4.69. The molecule has 0 saturated heterocycles. The van der Waals surface area contributed by atoms with Gasteiger partial charge in [-0.3, -0.25) is 4.98 Å². The van der Waals surface area contributed by atoms with Gasteiger partial charge in [0.1, 0.15) is 0 Å². The van der Waals surface area contributed by atoms with E-state index in [9.17, 15) is 0 Å². The molecule has 0 aliphatic heterocycles. The zero-order valence-electron chi connectivity index (χ0n) is 18.9. The number of hydrogen-bond acceptors (Lipinski definition) is 1. The first-order chi connectivity index (χ1) is 17.4. The average Bonchev–Trinajstić information content (AvgIpc) is 3.44. The minimum absolute atomic E-state index is 1.16. The van der Waals surface area contributed by atoms with Crippen LogP contribution in [0.4, 0.5) is 0 Å². The lowest BCUT2D eigenvalue weighted by Crippen LogP contribution is -1.93. The molecule has 1 aliphatic rings. The highest BCUT2D eigenvalue weighted by Gasteiger charge is 2.22. The van der Waals surface area contributed by atoms with Crippen LogP contribution in [0.15, 0.2) is 122 Å². The summed E-state index contributed by atoms with van der Waals surface area (Å²) in [5, 5.41) is 5.09. The van der Waals surface area contributed by atoms with Gasteiger partial charge in [-0.1, -0.05) is 84.9 Å². The molecule has 0 amide bonds. The second-order valence-electron chi connectivity index (χ2n) is 9.23. The van der Waals surface area contributed by atoms with Gasteiger partial charge in [-0.2, -0.15) is 0 Å².